The van der Waals surface area contributed by atoms with Gasteiger partial charge in [0.2, 0.25) is 15.9 Å². The van der Waals surface area contributed by atoms with Gasteiger partial charge >= 0.3 is 5.69 Å². The Balaban J connectivity index is 1.66. The van der Waals surface area contributed by atoms with Crippen molar-refractivity contribution in [2.75, 3.05) is 7.05 Å². The molecule has 1 saturated carbocycles. The van der Waals surface area contributed by atoms with Gasteiger partial charge in [-0.1, -0.05) is 23.2 Å². The fourth-order valence-electron chi connectivity index (χ4n) is 3.84. The minimum absolute atomic E-state index is 0.185. The maximum absolute atomic E-state index is 13.1. The summed E-state index contributed by atoms with van der Waals surface area (Å²) in [4.78, 5) is 28.7. The van der Waals surface area contributed by atoms with Gasteiger partial charge in [-0.3, -0.25) is 9.78 Å². The Bertz CT molecular complexity index is 1610. The van der Waals surface area contributed by atoms with Crippen LogP contribution in [0.25, 0.3) is 5.69 Å². The van der Waals surface area contributed by atoms with E-state index in [1.807, 2.05) is 0 Å². The van der Waals surface area contributed by atoms with E-state index in [1.165, 1.54) is 7.05 Å². The van der Waals surface area contributed by atoms with Crippen molar-refractivity contribution in [2.45, 2.75) is 42.7 Å². The van der Waals surface area contributed by atoms with E-state index < -0.39 is 55.7 Å². The monoisotopic (exact) mass is 593 g/mol. The zero-order valence-corrected chi connectivity index (χ0v) is 21.9. The van der Waals surface area contributed by atoms with Crippen LogP contribution in [0.3, 0.4) is 0 Å². The number of nitrogens with zero attached hydrogens (tertiary/aromatic N) is 4. The molecule has 0 spiro atoms. The molecule has 0 atom stereocenters. The zero-order valence-electron chi connectivity index (χ0n) is 19.5. The quantitative estimate of drug-likeness (QED) is 0.373. The molecule has 0 unspecified atom stereocenters. The Morgan fingerprint density at radius 3 is 2.39 bits per heavy atom. The molecule has 0 saturated heterocycles. The fraction of sp³-hybridized carbons (Fsp3) is 0.333. The summed E-state index contributed by atoms with van der Waals surface area (Å²) < 4.78 is 59.4. The van der Waals surface area contributed by atoms with E-state index in [4.69, 9.17) is 27.9 Å². The molecule has 3 N–H and O–H groups in total. The van der Waals surface area contributed by atoms with Crippen LogP contribution >= 0.6 is 23.2 Å². The fourth-order valence-corrected chi connectivity index (χ4v) is 5.81. The predicted molar refractivity (Wildman–Crippen MR) is 130 cm³/mol. The maximum atomic E-state index is 13.1. The number of nitrogens with one attached hydrogen (secondary N) is 1. The standard InChI is InChI=1S/C21H19Cl2F2N5O7S/c1-21(34)6-10(7-21)29(2)38(35,36)14-5-15(26-8-13(14)31)37-17-11(22)3-9(4-12(17)23)30-20(33)27-19(32)16(28-30)18(24)25/h3-5,8,10,18,31,34H,6-7H2,1-2H3,(H,27,32,33)/t10-,21+. The third-order valence-electron chi connectivity index (χ3n) is 5.84. The number of rotatable bonds is 7. The molecule has 204 valence electrons. The summed E-state index contributed by atoms with van der Waals surface area (Å²) in [6, 6.07) is 2.62. The number of aromatic nitrogens is 4. The molecule has 38 heavy (non-hydrogen) atoms. The Morgan fingerprint density at radius 1 is 1.24 bits per heavy atom. The molecule has 4 rings (SSSR count). The van der Waals surface area contributed by atoms with Gasteiger partial charge in [-0.05, 0) is 31.9 Å². The molecule has 1 aromatic carbocycles. The number of H-pyrrole nitrogens is 1. The summed E-state index contributed by atoms with van der Waals surface area (Å²) in [6.45, 7) is 1.58. The molecule has 17 heteroatoms. The summed E-state index contributed by atoms with van der Waals surface area (Å²) >= 11 is 12.5. The second-order valence-electron chi connectivity index (χ2n) is 8.77. The van der Waals surface area contributed by atoms with Gasteiger partial charge in [-0.15, -0.1) is 0 Å². The maximum Gasteiger partial charge on any atom is 0.349 e. The highest BCUT2D eigenvalue weighted by atomic mass is 35.5. The molecule has 0 aliphatic heterocycles. The van der Waals surface area contributed by atoms with Crippen LogP contribution in [0.5, 0.6) is 17.4 Å². The normalized spacial score (nSPS) is 19.6. The topological polar surface area (TPSA) is 168 Å². The molecule has 12 nitrogen and oxygen atoms in total. The van der Waals surface area contributed by atoms with Crippen molar-refractivity contribution in [3.05, 3.63) is 61.0 Å². The van der Waals surface area contributed by atoms with E-state index in [-0.39, 0.29) is 40.2 Å². The van der Waals surface area contributed by atoms with Crippen LogP contribution in [0.4, 0.5) is 8.78 Å². The highest BCUT2D eigenvalue weighted by Gasteiger charge is 2.44. The van der Waals surface area contributed by atoms with Gasteiger partial charge < -0.3 is 14.9 Å². The largest absolute Gasteiger partial charge is 0.505 e. The molecular formula is C21H19Cl2F2N5O7S. The van der Waals surface area contributed by atoms with Gasteiger partial charge in [0.05, 0.1) is 27.5 Å². The van der Waals surface area contributed by atoms with Crippen LogP contribution in [0.15, 0.2) is 38.9 Å². The van der Waals surface area contributed by atoms with Crippen molar-refractivity contribution in [1.29, 1.82) is 0 Å². The van der Waals surface area contributed by atoms with Gasteiger partial charge in [0, 0.05) is 19.2 Å². The number of sulfonamides is 1. The van der Waals surface area contributed by atoms with E-state index in [1.54, 1.807) is 11.9 Å². The van der Waals surface area contributed by atoms with Gasteiger partial charge in [0.1, 0.15) is 4.90 Å². The van der Waals surface area contributed by atoms with Crippen molar-refractivity contribution in [3.8, 4) is 23.1 Å². The van der Waals surface area contributed by atoms with Crippen molar-refractivity contribution in [3.63, 3.8) is 0 Å². The second kappa shape index (κ2) is 9.89. The van der Waals surface area contributed by atoms with Crippen LogP contribution in [0.2, 0.25) is 10.0 Å². The number of hydrogen-bond acceptors (Lipinski definition) is 9. The molecule has 3 aromatic rings. The van der Waals surface area contributed by atoms with Gasteiger partial charge in [-0.25, -0.2) is 27.0 Å². The van der Waals surface area contributed by atoms with Crippen LogP contribution < -0.4 is 16.0 Å². The molecule has 0 amide bonds. The number of aromatic amines is 1. The SMILES string of the molecule is CN([C@H]1C[C@@](C)(O)C1)S(=O)(=O)c1cc(Oc2c(Cl)cc(-n3nc(C(F)F)c(=O)[nH]c3=O)cc2Cl)ncc1O. The third-order valence-corrected chi connectivity index (χ3v) is 8.34. The first kappa shape index (κ1) is 27.9. The lowest BCUT2D eigenvalue weighted by molar-refractivity contribution is -0.0548. The molecule has 1 fully saturated rings. The average molecular weight is 594 g/mol. The lowest BCUT2D eigenvalue weighted by atomic mass is 9.77. The Labute approximate surface area is 223 Å². The summed E-state index contributed by atoms with van der Waals surface area (Å²) in [5.41, 5.74) is -4.85. The lowest BCUT2D eigenvalue weighted by Gasteiger charge is -2.44. The van der Waals surface area contributed by atoms with Gasteiger partial charge in [0.25, 0.3) is 12.0 Å². The molecule has 0 bridgehead atoms. The minimum atomic E-state index is -4.23. The van der Waals surface area contributed by atoms with Crippen molar-refractivity contribution in [2.24, 2.45) is 0 Å². The number of benzene rings is 1. The number of pyridine rings is 1. The van der Waals surface area contributed by atoms with E-state index in [9.17, 15) is 37.0 Å². The molecule has 2 aromatic heterocycles. The smallest absolute Gasteiger partial charge is 0.349 e. The highest BCUT2D eigenvalue weighted by molar-refractivity contribution is 7.89. The number of aromatic hydroxyl groups is 1. The van der Waals surface area contributed by atoms with Crippen LogP contribution in [0, 0.1) is 0 Å². The average Bonchev–Trinajstić information content (AvgIpc) is 2.79. The lowest BCUT2D eigenvalue weighted by Crippen LogP contribution is -2.53. The molecule has 1 aliphatic carbocycles. The van der Waals surface area contributed by atoms with Crippen molar-refractivity contribution < 1.29 is 32.1 Å². The number of aliphatic hydroxyl groups is 1. The third kappa shape index (κ3) is 5.24. The summed E-state index contributed by atoms with van der Waals surface area (Å²) in [5, 5.41) is 23.0. The summed E-state index contributed by atoms with van der Waals surface area (Å²) in [6.07, 6.45) is -2.00. The first-order valence-corrected chi connectivity index (χ1v) is 12.9. The number of alkyl halides is 2. The zero-order chi connectivity index (χ0) is 28.2. The van der Waals surface area contributed by atoms with E-state index in [2.05, 4.69) is 10.1 Å². The first-order valence-electron chi connectivity index (χ1n) is 10.7. The van der Waals surface area contributed by atoms with Crippen molar-refractivity contribution in [1.82, 2.24) is 24.1 Å². The molecule has 1 aliphatic rings. The Hall–Kier alpha value is -3.11. The van der Waals surface area contributed by atoms with E-state index >= 15 is 0 Å². The first-order chi connectivity index (χ1) is 17.6. The molecule has 0 radical (unpaired) electrons. The predicted octanol–water partition coefficient (Wildman–Crippen LogP) is 2.59. The van der Waals surface area contributed by atoms with Crippen LogP contribution in [-0.4, -0.2) is 61.4 Å². The van der Waals surface area contributed by atoms with Gasteiger partial charge in [0.15, 0.2) is 17.2 Å². The Kier molecular flexibility index (Phi) is 7.26. The van der Waals surface area contributed by atoms with Crippen LogP contribution in [-0.2, 0) is 10.0 Å². The van der Waals surface area contributed by atoms with Crippen molar-refractivity contribution >= 4 is 33.2 Å². The van der Waals surface area contributed by atoms with E-state index in [0.717, 1.165) is 28.7 Å². The van der Waals surface area contributed by atoms with Gasteiger partial charge in [-0.2, -0.15) is 14.1 Å². The van der Waals surface area contributed by atoms with Crippen LogP contribution in [0.1, 0.15) is 31.9 Å². The van der Waals surface area contributed by atoms with E-state index in [0.29, 0.717) is 4.68 Å². The molecular weight excluding hydrogens is 575 g/mol. The molecule has 2 heterocycles. The summed E-state index contributed by atoms with van der Waals surface area (Å²) in [5.74, 6) is -1.22. The number of hydrogen-bond donors (Lipinski definition) is 3. The highest BCUT2D eigenvalue weighted by Crippen LogP contribution is 2.41. The second-order valence-corrected chi connectivity index (χ2v) is 11.5. The summed E-state index contributed by atoms with van der Waals surface area (Å²) in [7, 11) is -2.91. The number of halogens is 4. The minimum Gasteiger partial charge on any atom is -0.505 e. The number of ether oxygens (including phenoxy) is 1. The Morgan fingerprint density at radius 2 is 1.84 bits per heavy atom.